The van der Waals surface area contributed by atoms with Crippen molar-refractivity contribution in [3.05, 3.63) is 16.5 Å². The van der Waals surface area contributed by atoms with Gasteiger partial charge in [-0.3, -0.25) is 10.1 Å². The molecule has 0 heterocycles. The molecule has 13 heavy (non-hydrogen) atoms. The third-order valence-electron chi connectivity index (χ3n) is 2.20. The highest BCUT2D eigenvalue weighted by Crippen LogP contribution is 2.38. The number of nitro groups is 1. The number of nitrogens with zero attached hydrogens (tertiary/aromatic N) is 1. The molecule has 1 aliphatic carbocycles. The van der Waals surface area contributed by atoms with Crippen molar-refractivity contribution in [1.29, 1.82) is 0 Å². The summed E-state index contributed by atoms with van der Waals surface area (Å²) in [6.45, 7) is 0. The number of halogens is 3. The summed E-state index contributed by atoms with van der Waals surface area (Å²) in [5.74, 6) is -1.80. The van der Waals surface area contributed by atoms with Crippen molar-refractivity contribution in [2.75, 3.05) is 0 Å². The van der Waals surface area contributed by atoms with E-state index in [1.54, 1.807) is 0 Å². The second kappa shape index (κ2) is 3.51. The van der Waals surface area contributed by atoms with Crippen LogP contribution in [0, 0.1) is 22.5 Å². The largest absolute Gasteiger partial charge is 0.398 e. The van der Waals surface area contributed by atoms with Crippen molar-refractivity contribution in [3.63, 3.8) is 0 Å². The summed E-state index contributed by atoms with van der Waals surface area (Å²) < 4.78 is 36.7. The number of rotatable bonds is 1. The van der Waals surface area contributed by atoms with Crippen LogP contribution in [0.2, 0.25) is 0 Å². The summed E-state index contributed by atoms with van der Waals surface area (Å²) in [7, 11) is 0. The van der Waals surface area contributed by atoms with Gasteiger partial charge in [0.15, 0.2) is 0 Å². The lowest BCUT2D eigenvalue weighted by Crippen LogP contribution is -2.41. The zero-order chi connectivity index (χ0) is 10.1. The fourth-order valence-electron chi connectivity index (χ4n) is 1.55. The van der Waals surface area contributed by atoms with Crippen LogP contribution in [0.25, 0.3) is 0 Å². The maximum absolute atomic E-state index is 12.2. The smallest absolute Gasteiger partial charge is 0.264 e. The normalized spacial score (nSPS) is 30.1. The highest BCUT2D eigenvalue weighted by Gasteiger charge is 2.51. The fourth-order valence-corrected chi connectivity index (χ4v) is 1.55. The first-order valence-corrected chi connectivity index (χ1v) is 3.96. The molecule has 1 radical (unpaired) electrons. The average Bonchev–Trinajstić information content (AvgIpc) is 2.03. The van der Waals surface area contributed by atoms with Crippen LogP contribution in [0.5, 0.6) is 0 Å². The molecule has 6 heteroatoms. The van der Waals surface area contributed by atoms with Gasteiger partial charge in [-0.25, -0.2) is 0 Å². The van der Waals surface area contributed by atoms with Gasteiger partial charge in [-0.15, -0.1) is 0 Å². The van der Waals surface area contributed by atoms with Gasteiger partial charge in [0.1, 0.15) is 5.92 Å². The second-order valence-electron chi connectivity index (χ2n) is 3.09. The van der Waals surface area contributed by atoms with E-state index >= 15 is 0 Å². The van der Waals surface area contributed by atoms with Crippen molar-refractivity contribution in [3.8, 4) is 0 Å². The minimum absolute atomic E-state index is 0.133. The third kappa shape index (κ3) is 2.32. The van der Waals surface area contributed by atoms with Crippen LogP contribution in [0.3, 0.4) is 0 Å². The topological polar surface area (TPSA) is 43.1 Å². The molecule has 0 spiro atoms. The van der Waals surface area contributed by atoms with Crippen molar-refractivity contribution in [1.82, 2.24) is 0 Å². The second-order valence-corrected chi connectivity index (χ2v) is 3.09. The maximum atomic E-state index is 12.2. The predicted octanol–water partition coefficient (Wildman–Crippen LogP) is 2.20. The van der Waals surface area contributed by atoms with Gasteiger partial charge in [-0.1, -0.05) is 6.42 Å². The van der Waals surface area contributed by atoms with E-state index in [2.05, 4.69) is 0 Å². The van der Waals surface area contributed by atoms with Crippen molar-refractivity contribution >= 4 is 0 Å². The molecule has 0 aromatic heterocycles. The molecule has 0 bridgehead atoms. The van der Waals surface area contributed by atoms with E-state index in [1.807, 2.05) is 0 Å². The Morgan fingerprint density at radius 1 is 1.46 bits per heavy atom. The van der Waals surface area contributed by atoms with Gasteiger partial charge >= 0.3 is 6.18 Å². The average molecular weight is 196 g/mol. The summed E-state index contributed by atoms with van der Waals surface area (Å²) in [4.78, 5) is 9.44. The van der Waals surface area contributed by atoms with Gasteiger partial charge in [0.2, 0.25) is 6.04 Å². The van der Waals surface area contributed by atoms with Crippen LogP contribution in [0.4, 0.5) is 13.2 Å². The number of hydrogen-bond acceptors (Lipinski definition) is 2. The Balaban J connectivity index is 2.73. The van der Waals surface area contributed by atoms with E-state index in [-0.39, 0.29) is 6.42 Å². The first-order chi connectivity index (χ1) is 5.93. The van der Waals surface area contributed by atoms with Gasteiger partial charge < -0.3 is 0 Å². The summed E-state index contributed by atoms with van der Waals surface area (Å²) in [5, 5.41) is 10.3. The fraction of sp³-hybridized carbons (Fsp3) is 0.857. The quantitative estimate of drug-likeness (QED) is 0.476. The zero-order valence-corrected chi connectivity index (χ0v) is 6.75. The molecule has 0 aromatic rings. The van der Waals surface area contributed by atoms with Crippen LogP contribution in [-0.2, 0) is 0 Å². The molecular formula is C7H9F3NO2. The molecule has 2 unspecified atom stereocenters. The van der Waals surface area contributed by atoms with Crippen LogP contribution >= 0.6 is 0 Å². The standard InChI is InChI=1S/C7H9F3NO2/c8-7(9,10)5-3-1-2-4-6(5)11(12)13/h4-6H,1-3H2. The predicted molar refractivity (Wildman–Crippen MR) is 38.5 cm³/mol. The van der Waals surface area contributed by atoms with E-state index in [9.17, 15) is 23.3 Å². The molecule has 75 valence electrons. The Labute approximate surface area is 73.1 Å². The van der Waals surface area contributed by atoms with E-state index in [0.717, 1.165) is 6.42 Å². The molecular weight excluding hydrogens is 187 g/mol. The van der Waals surface area contributed by atoms with Gasteiger partial charge in [-0.2, -0.15) is 13.2 Å². The molecule has 0 aromatic carbocycles. The summed E-state index contributed by atoms with van der Waals surface area (Å²) in [6, 6.07) is -1.55. The Bertz CT molecular complexity index is 204. The minimum Gasteiger partial charge on any atom is -0.264 e. The highest BCUT2D eigenvalue weighted by molar-refractivity contribution is 4.90. The van der Waals surface area contributed by atoms with E-state index in [1.165, 1.54) is 0 Å². The van der Waals surface area contributed by atoms with E-state index < -0.39 is 23.1 Å². The highest BCUT2D eigenvalue weighted by atomic mass is 19.4. The molecule has 1 fully saturated rings. The van der Waals surface area contributed by atoms with E-state index in [4.69, 9.17) is 0 Å². The van der Waals surface area contributed by atoms with Crippen molar-refractivity contribution in [2.45, 2.75) is 31.5 Å². The van der Waals surface area contributed by atoms with Crippen molar-refractivity contribution in [2.24, 2.45) is 5.92 Å². The Morgan fingerprint density at radius 2 is 2.08 bits per heavy atom. The zero-order valence-electron chi connectivity index (χ0n) is 6.75. The maximum Gasteiger partial charge on any atom is 0.398 e. The Morgan fingerprint density at radius 3 is 2.46 bits per heavy atom. The summed E-state index contributed by atoms with van der Waals surface area (Å²) in [5.41, 5.74) is 0. The SMILES string of the molecule is O=[N+]([O-])C1[CH]CCCC1C(F)(F)F. The molecule has 2 atom stereocenters. The molecule has 0 saturated heterocycles. The Kier molecular flexibility index (Phi) is 2.77. The van der Waals surface area contributed by atoms with Gasteiger partial charge in [0.05, 0.1) is 0 Å². The van der Waals surface area contributed by atoms with Gasteiger partial charge in [0.25, 0.3) is 0 Å². The van der Waals surface area contributed by atoms with Gasteiger partial charge in [0, 0.05) is 11.3 Å². The Hall–Kier alpha value is -0.810. The monoisotopic (exact) mass is 196 g/mol. The van der Waals surface area contributed by atoms with Crippen molar-refractivity contribution < 1.29 is 18.1 Å². The van der Waals surface area contributed by atoms with E-state index in [0.29, 0.717) is 12.8 Å². The molecule has 0 amide bonds. The van der Waals surface area contributed by atoms with Crippen LogP contribution in [0.1, 0.15) is 19.3 Å². The summed E-state index contributed by atoms with van der Waals surface area (Å²) >= 11 is 0. The third-order valence-corrected chi connectivity index (χ3v) is 2.20. The molecule has 1 saturated carbocycles. The lowest BCUT2D eigenvalue weighted by molar-refractivity contribution is -0.534. The summed E-state index contributed by atoms with van der Waals surface area (Å²) in [6.07, 6.45) is -2.64. The first kappa shape index (κ1) is 10.3. The first-order valence-electron chi connectivity index (χ1n) is 3.96. The number of alkyl halides is 3. The molecule has 0 aliphatic heterocycles. The van der Waals surface area contributed by atoms with Crippen LogP contribution in [0.15, 0.2) is 0 Å². The molecule has 1 rings (SSSR count). The number of hydrogen-bond donors (Lipinski definition) is 0. The minimum atomic E-state index is -4.45. The lowest BCUT2D eigenvalue weighted by atomic mass is 9.84. The lowest BCUT2D eigenvalue weighted by Gasteiger charge is -2.26. The van der Waals surface area contributed by atoms with Crippen LogP contribution in [-0.4, -0.2) is 17.1 Å². The molecule has 0 N–H and O–H groups in total. The van der Waals surface area contributed by atoms with Crippen LogP contribution < -0.4 is 0 Å². The molecule has 3 nitrogen and oxygen atoms in total. The van der Waals surface area contributed by atoms with Gasteiger partial charge in [-0.05, 0) is 12.8 Å². The molecule has 1 aliphatic rings.